The number of likely N-dealkylation sites (N-methyl/N-ethyl adjacent to an activating group) is 1. The van der Waals surface area contributed by atoms with Gasteiger partial charge in [0.05, 0.1) is 11.9 Å². The summed E-state index contributed by atoms with van der Waals surface area (Å²) in [5.74, 6) is 0.893. The minimum Gasteiger partial charge on any atom is -0.352 e. The van der Waals surface area contributed by atoms with E-state index >= 15 is 0 Å². The van der Waals surface area contributed by atoms with E-state index < -0.39 is 0 Å². The number of para-hydroxylation sites is 1. The second-order valence-corrected chi connectivity index (χ2v) is 6.81. The molecule has 2 aromatic heterocycles. The molecular formula is C19H23N5S. The summed E-state index contributed by atoms with van der Waals surface area (Å²) >= 11 is 1.80. The van der Waals surface area contributed by atoms with Gasteiger partial charge in [-0.1, -0.05) is 24.3 Å². The number of benzene rings is 1. The van der Waals surface area contributed by atoms with Gasteiger partial charge in [-0.25, -0.2) is 4.68 Å². The van der Waals surface area contributed by atoms with Crippen molar-refractivity contribution in [3.63, 3.8) is 0 Å². The molecule has 0 radical (unpaired) electrons. The molecule has 0 unspecified atom stereocenters. The zero-order valence-electron chi connectivity index (χ0n) is 14.6. The number of nitrogens with zero attached hydrogens (tertiary/aromatic N) is 4. The lowest BCUT2D eigenvalue weighted by Crippen LogP contribution is -2.39. The van der Waals surface area contributed by atoms with E-state index in [0.29, 0.717) is 6.54 Å². The number of nitrogens with one attached hydrogen (secondary N) is 1. The second kappa shape index (κ2) is 8.48. The van der Waals surface area contributed by atoms with E-state index in [1.165, 1.54) is 4.88 Å². The molecule has 0 fully saturated rings. The molecule has 6 heteroatoms. The summed E-state index contributed by atoms with van der Waals surface area (Å²) in [6.45, 7) is 1.63. The summed E-state index contributed by atoms with van der Waals surface area (Å²) in [6, 6.07) is 14.4. The molecule has 0 aliphatic carbocycles. The molecule has 0 atom stereocenters. The fourth-order valence-corrected chi connectivity index (χ4v) is 3.28. The van der Waals surface area contributed by atoms with Gasteiger partial charge in [0.2, 0.25) is 0 Å². The molecule has 2 heterocycles. The predicted molar refractivity (Wildman–Crippen MR) is 104 cm³/mol. The second-order valence-electron chi connectivity index (χ2n) is 5.78. The first kappa shape index (κ1) is 17.2. The van der Waals surface area contributed by atoms with Gasteiger partial charge < -0.3 is 10.2 Å². The highest BCUT2D eigenvalue weighted by molar-refractivity contribution is 7.09. The first-order valence-electron chi connectivity index (χ1n) is 8.29. The Hall–Kier alpha value is -2.60. The Morgan fingerprint density at radius 3 is 2.80 bits per heavy atom. The summed E-state index contributed by atoms with van der Waals surface area (Å²) in [6.07, 6.45) is 4.96. The van der Waals surface area contributed by atoms with Crippen LogP contribution in [0.3, 0.4) is 0 Å². The Morgan fingerprint density at radius 2 is 2.08 bits per heavy atom. The van der Waals surface area contributed by atoms with Crippen LogP contribution in [0.2, 0.25) is 0 Å². The Kier molecular flexibility index (Phi) is 5.85. The van der Waals surface area contributed by atoms with Crippen molar-refractivity contribution in [1.82, 2.24) is 20.0 Å². The Bertz CT molecular complexity index is 792. The molecule has 130 valence electrons. The quantitative estimate of drug-likeness (QED) is 0.547. The van der Waals surface area contributed by atoms with Crippen LogP contribution in [0.15, 0.2) is 65.2 Å². The normalized spacial score (nSPS) is 11.5. The van der Waals surface area contributed by atoms with Gasteiger partial charge in [0.1, 0.15) is 0 Å². The maximum Gasteiger partial charge on any atom is 0.193 e. The first-order chi connectivity index (χ1) is 12.3. The van der Waals surface area contributed by atoms with Crippen molar-refractivity contribution in [1.29, 1.82) is 0 Å². The van der Waals surface area contributed by atoms with Crippen molar-refractivity contribution in [2.24, 2.45) is 4.99 Å². The van der Waals surface area contributed by atoms with E-state index in [2.05, 4.69) is 44.9 Å². The van der Waals surface area contributed by atoms with Crippen LogP contribution in [0.4, 0.5) is 0 Å². The van der Waals surface area contributed by atoms with Gasteiger partial charge in [-0.3, -0.25) is 4.99 Å². The molecule has 25 heavy (non-hydrogen) atoms. The van der Waals surface area contributed by atoms with Gasteiger partial charge in [-0.05, 0) is 30.0 Å². The van der Waals surface area contributed by atoms with Crippen molar-refractivity contribution >= 4 is 17.3 Å². The monoisotopic (exact) mass is 353 g/mol. The van der Waals surface area contributed by atoms with Crippen LogP contribution < -0.4 is 5.32 Å². The number of aliphatic imine (C=N–C) groups is 1. The SMILES string of the molecule is CN=C(NCc1cnn(-c2ccccc2)c1)N(C)CCc1cccs1. The maximum absolute atomic E-state index is 4.43. The Labute approximate surface area is 152 Å². The van der Waals surface area contributed by atoms with Gasteiger partial charge in [0, 0.05) is 43.8 Å². The molecule has 0 spiro atoms. The standard InChI is InChI=1S/C19H23N5S/c1-20-19(23(2)11-10-18-9-6-12-25-18)21-13-16-14-22-24(15-16)17-7-4-3-5-8-17/h3-9,12,14-15H,10-11,13H2,1-2H3,(H,20,21). The number of hydrogen-bond acceptors (Lipinski definition) is 3. The number of rotatable bonds is 6. The minimum absolute atomic E-state index is 0.697. The van der Waals surface area contributed by atoms with Gasteiger partial charge in [0.25, 0.3) is 0 Å². The zero-order valence-corrected chi connectivity index (χ0v) is 15.4. The van der Waals surface area contributed by atoms with Crippen molar-refractivity contribution < 1.29 is 0 Å². The van der Waals surface area contributed by atoms with E-state index in [-0.39, 0.29) is 0 Å². The molecule has 0 aliphatic heterocycles. The molecule has 0 bridgehead atoms. The molecule has 1 aromatic carbocycles. The number of aromatic nitrogens is 2. The molecule has 5 nitrogen and oxygen atoms in total. The number of guanidine groups is 1. The summed E-state index contributed by atoms with van der Waals surface area (Å²) in [7, 11) is 3.88. The lowest BCUT2D eigenvalue weighted by molar-refractivity contribution is 0.486. The highest BCUT2D eigenvalue weighted by Gasteiger charge is 2.07. The van der Waals surface area contributed by atoms with Gasteiger partial charge >= 0.3 is 0 Å². The average Bonchev–Trinajstić information content (AvgIpc) is 3.33. The van der Waals surface area contributed by atoms with Crippen molar-refractivity contribution in [2.75, 3.05) is 20.6 Å². The fraction of sp³-hybridized carbons (Fsp3) is 0.263. The lowest BCUT2D eigenvalue weighted by Gasteiger charge is -2.21. The highest BCUT2D eigenvalue weighted by Crippen LogP contribution is 2.10. The van der Waals surface area contributed by atoms with E-state index in [0.717, 1.165) is 30.2 Å². The van der Waals surface area contributed by atoms with Crippen molar-refractivity contribution in [3.8, 4) is 5.69 Å². The summed E-state index contributed by atoms with van der Waals surface area (Å²) in [5, 5.41) is 9.95. The van der Waals surface area contributed by atoms with Crippen molar-refractivity contribution in [3.05, 3.63) is 70.7 Å². The van der Waals surface area contributed by atoms with Crippen LogP contribution in [0.5, 0.6) is 0 Å². The van der Waals surface area contributed by atoms with Crippen molar-refractivity contribution in [2.45, 2.75) is 13.0 Å². The smallest absolute Gasteiger partial charge is 0.193 e. The van der Waals surface area contributed by atoms with Crippen LogP contribution in [-0.4, -0.2) is 41.3 Å². The molecule has 0 saturated heterocycles. The third-order valence-corrected chi connectivity index (χ3v) is 4.89. The van der Waals surface area contributed by atoms with Crippen LogP contribution in [0.25, 0.3) is 5.69 Å². The summed E-state index contributed by atoms with van der Waals surface area (Å²) < 4.78 is 1.89. The molecule has 0 aliphatic rings. The van der Waals surface area contributed by atoms with Crippen LogP contribution in [0.1, 0.15) is 10.4 Å². The lowest BCUT2D eigenvalue weighted by atomic mass is 10.3. The van der Waals surface area contributed by atoms with Crippen LogP contribution >= 0.6 is 11.3 Å². The summed E-state index contributed by atoms with van der Waals surface area (Å²) in [4.78, 5) is 7.92. The van der Waals surface area contributed by atoms with Gasteiger partial charge in [-0.2, -0.15) is 5.10 Å². The fourth-order valence-electron chi connectivity index (χ4n) is 2.58. The molecule has 3 rings (SSSR count). The van der Waals surface area contributed by atoms with Gasteiger partial charge in [-0.15, -0.1) is 11.3 Å². The average molecular weight is 353 g/mol. The third-order valence-electron chi connectivity index (χ3n) is 3.95. The van der Waals surface area contributed by atoms with Crippen LogP contribution in [0, 0.1) is 0 Å². The largest absolute Gasteiger partial charge is 0.352 e. The molecular weight excluding hydrogens is 330 g/mol. The zero-order chi connectivity index (χ0) is 17.5. The first-order valence-corrected chi connectivity index (χ1v) is 9.17. The maximum atomic E-state index is 4.43. The molecule has 3 aromatic rings. The Morgan fingerprint density at radius 1 is 1.24 bits per heavy atom. The van der Waals surface area contributed by atoms with Crippen LogP contribution in [-0.2, 0) is 13.0 Å². The molecule has 0 saturated carbocycles. The number of hydrogen-bond donors (Lipinski definition) is 1. The van der Waals surface area contributed by atoms with E-state index in [9.17, 15) is 0 Å². The Balaban J connectivity index is 1.53. The molecule has 0 amide bonds. The highest BCUT2D eigenvalue weighted by atomic mass is 32.1. The third kappa shape index (κ3) is 4.70. The predicted octanol–water partition coefficient (Wildman–Crippen LogP) is 3.18. The van der Waals surface area contributed by atoms with Gasteiger partial charge in [0.15, 0.2) is 5.96 Å². The minimum atomic E-state index is 0.697. The van der Waals surface area contributed by atoms with E-state index in [1.54, 1.807) is 11.3 Å². The number of thiophene rings is 1. The van der Waals surface area contributed by atoms with E-state index in [1.807, 2.05) is 54.5 Å². The topological polar surface area (TPSA) is 45.5 Å². The molecule has 1 N–H and O–H groups in total. The summed E-state index contributed by atoms with van der Waals surface area (Å²) in [5.41, 5.74) is 2.18. The van der Waals surface area contributed by atoms with E-state index in [4.69, 9.17) is 0 Å².